The van der Waals surface area contributed by atoms with E-state index in [-0.39, 0.29) is 36.7 Å². The average Bonchev–Trinajstić information content (AvgIpc) is 3.27. The number of thiazole rings is 1. The summed E-state index contributed by atoms with van der Waals surface area (Å²) in [6.07, 6.45) is 0.435. The maximum absolute atomic E-state index is 13.2. The van der Waals surface area contributed by atoms with E-state index < -0.39 is 24.1 Å². The van der Waals surface area contributed by atoms with Crippen molar-refractivity contribution in [3.63, 3.8) is 0 Å². The van der Waals surface area contributed by atoms with Crippen LogP contribution in [-0.4, -0.2) is 35.6 Å². The maximum Gasteiger partial charge on any atom is 0.408 e. The van der Waals surface area contributed by atoms with Crippen LogP contribution in [0.2, 0.25) is 0 Å². The number of rotatable bonds is 12. The Morgan fingerprint density at radius 3 is 2.26 bits per heavy atom. The molecule has 0 bridgehead atoms. The summed E-state index contributed by atoms with van der Waals surface area (Å²) >= 11 is 1.30. The van der Waals surface area contributed by atoms with Gasteiger partial charge in [-0.25, -0.2) is 14.6 Å². The molecule has 1 aromatic carbocycles. The first-order valence-corrected chi connectivity index (χ1v) is 12.5. The highest BCUT2D eigenvalue weighted by Gasteiger charge is 2.27. The monoisotopic (exact) mass is 489 g/mol. The number of amides is 2. The van der Waals surface area contributed by atoms with Gasteiger partial charge < -0.3 is 20.1 Å². The van der Waals surface area contributed by atoms with E-state index >= 15 is 0 Å². The van der Waals surface area contributed by atoms with Crippen molar-refractivity contribution in [1.82, 2.24) is 15.6 Å². The first-order valence-electron chi connectivity index (χ1n) is 11.6. The van der Waals surface area contributed by atoms with Crippen LogP contribution < -0.4 is 10.6 Å². The van der Waals surface area contributed by atoms with Gasteiger partial charge in [0.1, 0.15) is 17.7 Å². The van der Waals surface area contributed by atoms with Gasteiger partial charge in [-0.15, -0.1) is 11.3 Å². The van der Waals surface area contributed by atoms with Crippen molar-refractivity contribution in [2.45, 2.75) is 66.2 Å². The van der Waals surface area contributed by atoms with Crippen molar-refractivity contribution in [2.75, 3.05) is 6.61 Å². The highest BCUT2D eigenvalue weighted by molar-refractivity contribution is 7.09. The van der Waals surface area contributed by atoms with Crippen molar-refractivity contribution in [3.8, 4) is 0 Å². The molecule has 1 aromatic heterocycles. The molecule has 0 aliphatic heterocycles. The second kappa shape index (κ2) is 13.7. The summed E-state index contributed by atoms with van der Waals surface area (Å²) in [5, 5.41) is 7.99. The molecule has 2 atom stereocenters. The van der Waals surface area contributed by atoms with E-state index in [1.807, 2.05) is 58.0 Å². The Morgan fingerprint density at radius 2 is 1.65 bits per heavy atom. The maximum atomic E-state index is 13.2. The summed E-state index contributed by atoms with van der Waals surface area (Å²) in [6, 6.07) is 8.19. The van der Waals surface area contributed by atoms with Crippen LogP contribution in [-0.2, 0) is 20.9 Å². The summed E-state index contributed by atoms with van der Waals surface area (Å²) < 4.78 is 10.3. The quantitative estimate of drug-likeness (QED) is 0.412. The van der Waals surface area contributed by atoms with E-state index in [1.54, 1.807) is 12.3 Å². The molecule has 34 heavy (non-hydrogen) atoms. The first kappa shape index (κ1) is 27.3. The number of nitrogens with zero attached hydrogens (tertiary/aromatic N) is 1. The normalized spacial score (nSPS) is 12.8. The number of nitrogens with one attached hydrogen (secondary N) is 2. The Bertz CT molecular complexity index is 930. The molecule has 0 saturated carbocycles. The Morgan fingerprint density at radius 1 is 0.971 bits per heavy atom. The fourth-order valence-electron chi connectivity index (χ4n) is 3.32. The second-order valence-electron chi connectivity index (χ2n) is 8.87. The molecule has 8 nitrogen and oxygen atoms in total. The number of esters is 1. The lowest BCUT2D eigenvalue weighted by molar-refractivity contribution is -0.124. The van der Waals surface area contributed by atoms with Gasteiger partial charge in [-0.3, -0.25) is 4.79 Å². The third kappa shape index (κ3) is 9.13. The zero-order valence-electron chi connectivity index (χ0n) is 20.5. The van der Waals surface area contributed by atoms with Gasteiger partial charge in [0.15, 0.2) is 5.69 Å². The summed E-state index contributed by atoms with van der Waals surface area (Å²) in [4.78, 5) is 42.0. The summed E-state index contributed by atoms with van der Waals surface area (Å²) in [5.41, 5.74) is 1.09. The minimum absolute atomic E-state index is 0.119. The van der Waals surface area contributed by atoms with Gasteiger partial charge in [-0.2, -0.15) is 0 Å². The smallest absolute Gasteiger partial charge is 0.408 e. The van der Waals surface area contributed by atoms with E-state index in [9.17, 15) is 14.4 Å². The Balaban J connectivity index is 2.08. The van der Waals surface area contributed by atoms with E-state index in [2.05, 4.69) is 15.6 Å². The van der Waals surface area contributed by atoms with Crippen molar-refractivity contribution in [2.24, 2.45) is 11.8 Å². The first-order chi connectivity index (χ1) is 16.2. The van der Waals surface area contributed by atoms with Crippen molar-refractivity contribution in [1.29, 1.82) is 0 Å². The summed E-state index contributed by atoms with van der Waals surface area (Å²) in [7, 11) is 0. The largest absolute Gasteiger partial charge is 0.461 e. The van der Waals surface area contributed by atoms with Crippen molar-refractivity contribution < 1.29 is 23.9 Å². The summed E-state index contributed by atoms with van der Waals surface area (Å²) in [6.45, 7) is 10.2. The Hall–Kier alpha value is -2.94. The molecule has 2 amide bonds. The molecule has 0 aliphatic rings. The molecule has 1 heterocycles. The van der Waals surface area contributed by atoms with Crippen LogP contribution in [0.15, 0.2) is 35.7 Å². The predicted molar refractivity (Wildman–Crippen MR) is 131 cm³/mol. The van der Waals surface area contributed by atoms with Crippen LogP contribution in [0.25, 0.3) is 0 Å². The van der Waals surface area contributed by atoms with Crippen molar-refractivity contribution in [3.05, 3.63) is 52.0 Å². The lowest BCUT2D eigenvalue weighted by Gasteiger charge is -2.24. The Kier molecular flexibility index (Phi) is 11.0. The number of ether oxygens (including phenoxy) is 2. The number of benzene rings is 1. The van der Waals surface area contributed by atoms with Gasteiger partial charge in [-0.1, -0.05) is 58.0 Å². The third-order valence-electron chi connectivity index (χ3n) is 4.86. The lowest BCUT2D eigenvalue weighted by Crippen LogP contribution is -2.48. The van der Waals surface area contributed by atoms with Crippen LogP contribution in [0.1, 0.15) is 74.6 Å². The number of carbonyl (C=O) groups excluding carboxylic acids is 3. The molecule has 186 valence electrons. The van der Waals surface area contributed by atoms with Crippen molar-refractivity contribution >= 4 is 29.3 Å². The number of hydrogen-bond donors (Lipinski definition) is 2. The van der Waals surface area contributed by atoms with Gasteiger partial charge in [0, 0.05) is 5.38 Å². The fraction of sp³-hybridized carbons (Fsp3) is 0.520. The summed E-state index contributed by atoms with van der Waals surface area (Å²) in [5.74, 6) is -0.361. The van der Waals surface area contributed by atoms with Gasteiger partial charge in [-0.05, 0) is 37.2 Å². The van der Waals surface area contributed by atoms with Crippen LogP contribution in [0.4, 0.5) is 4.79 Å². The van der Waals surface area contributed by atoms with Crippen LogP contribution in [0.3, 0.4) is 0 Å². The molecule has 0 saturated heterocycles. The minimum Gasteiger partial charge on any atom is -0.461 e. The Labute approximate surface area is 205 Å². The molecule has 0 aliphatic carbocycles. The van der Waals surface area contributed by atoms with Crippen LogP contribution in [0, 0.1) is 11.8 Å². The van der Waals surface area contributed by atoms with Gasteiger partial charge in [0.05, 0.1) is 12.6 Å². The minimum atomic E-state index is -0.762. The molecule has 2 N–H and O–H groups in total. The molecule has 0 spiro atoms. The van der Waals surface area contributed by atoms with E-state index in [4.69, 9.17) is 9.47 Å². The standard InChI is InChI=1S/C25H35N3O5S/c1-6-32-24(30)21-15-34-23(27-21)20(13-17(4)5)26-22(29)19(12-16(2)3)28-25(31)33-14-18-10-8-7-9-11-18/h7-11,15-17,19-20H,6,12-14H2,1-5H3,(H,26,29)(H,28,31). The lowest BCUT2D eigenvalue weighted by atomic mass is 10.0. The number of alkyl carbamates (subject to hydrolysis) is 1. The molecular weight excluding hydrogens is 454 g/mol. The van der Waals surface area contributed by atoms with E-state index in [1.165, 1.54) is 11.3 Å². The SMILES string of the molecule is CCOC(=O)c1csc(C(CC(C)C)NC(=O)C(CC(C)C)NC(=O)OCc2ccccc2)n1. The molecule has 9 heteroatoms. The highest BCUT2D eigenvalue weighted by atomic mass is 32.1. The zero-order chi connectivity index (χ0) is 25.1. The molecule has 0 fully saturated rings. The average molecular weight is 490 g/mol. The van der Waals surface area contributed by atoms with Crippen LogP contribution in [0.5, 0.6) is 0 Å². The number of carbonyl (C=O) groups is 3. The topological polar surface area (TPSA) is 107 Å². The zero-order valence-corrected chi connectivity index (χ0v) is 21.3. The molecule has 2 unspecified atom stereocenters. The third-order valence-corrected chi connectivity index (χ3v) is 5.82. The van der Waals surface area contributed by atoms with Gasteiger partial charge >= 0.3 is 12.1 Å². The molecular formula is C25H35N3O5S. The van der Waals surface area contributed by atoms with Crippen LogP contribution >= 0.6 is 11.3 Å². The number of hydrogen-bond acceptors (Lipinski definition) is 7. The second-order valence-corrected chi connectivity index (χ2v) is 9.76. The van der Waals surface area contributed by atoms with Gasteiger partial charge in [0.2, 0.25) is 5.91 Å². The molecule has 0 radical (unpaired) electrons. The van der Waals surface area contributed by atoms with E-state index in [0.29, 0.717) is 17.8 Å². The predicted octanol–water partition coefficient (Wildman–Crippen LogP) is 4.86. The fourth-order valence-corrected chi connectivity index (χ4v) is 4.17. The number of aromatic nitrogens is 1. The molecule has 2 rings (SSSR count). The molecule has 2 aromatic rings. The highest BCUT2D eigenvalue weighted by Crippen LogP contribution is 2.25. The van der Waals surface area contributed by atoms with E-state index in [0.717, 1.165) is 5.56 Å². The van der Waals surface area contributed by atoms with Gasteiger partial charge in [0.25, 0.3) is 0 Å².